The number of fused-ring (bicyclic) bond motifs is 1. The number of anilines is 1. The van der Waals surface area contributed by atoms with E-state index in [2.05, 4.69) is 24.3 Å². The first-order valence-corrected chi connectivity index (χ1v) is 9.02. The van der Waals surface area contributed by atoms with Crippen LogP contribution in [0.5, 0.6) is 5.75 Å². The molecule has 0 saturated carbocycles. The zero-order chi connectivity index (χ0) is 16.4. The zero-order valence-electron chi connectivity index (χ0n) is 11.8. The molecule has 0 spiro atoms. The second-order valence-electron chi connectivity index (χ2n) is 4.64. The van der Waals surface area contributed by atoms with E-state index in [1.54, 1.807) is 12.3 Å². The maximum Gasteiger partial charge on any atom is 0.229 e. The molecule has 0 amide bonds. The number of nitrogens with zero attached hydrogens (tertiary/aromatic N) is 4. The molecule has 0 bridgehead atoms. The second kappa shape index (κ2) is 5.89. The molecule has 10 heteroatoms. The van der Waals surface area contributed by atoms with Gasteiger partial charge >= 0.3 is 0 Å². The van der Waals surface area contributed by atoms with Gasteiger partial charge in [0.25, 0.3) is 0 Å². The van der Waals surface area contributed by atoms with E-state index in [-0.39, 0.29) is 11.4 Å². The summed E-state index contributed by atoms with van der Waals surface area (Å²) in [6, 6.07) is 7.88. The summed E-state index contributed by atoms with van der Waals surface area (Å²) in [4.78, 5) is 4.11. The summed E-state index contributed by atoms with van der Waals surface area (Å²) in [6.07, 6.45) is 2.64. The number of benzene rings is 1. The second-order valence-corrected chi connectivity index (χ2v) is 7.14. The number of aromatic nitrogens is 2. The summed E-state index contributed by atoms with van der Waals surface area (Å²) >= 11 is 1.17. The van der Waals surface area contributed by atoms with E-state index < -0.39 is 10.0 Å². The van der Waals surface area contributed by atoms with Crippen molar-refractivity contribution >= 4 is 49.0 Å². The minimum Gasteiger partial charge on any atom is -0.506 e. The summed E-state index contributed by atoms with van der Waals surface area (Å²) < 4.78 is 28.9. The fraction of sp³-hybridized carbons (Fsp3) is 0.0769. The maximum absolute atomic E-state index is 11.3. The predicted octanol–water partition coefficient (Wildman–Crippen LogP) is 3.18. The number of hydrogen-bond donors (Lipinski definition) is 2. The highest BCUT2D eigenvalue weighted by atomic mass is 32.2. The summed E-state index contributed by atoms with van der Waals surface area (Å²) in [5.74, 6) is -0.193. The minimum absolute atomic E-state index is 0.0415. The molecule has 0 aliphatic rings. The van der Waals surface area contributed by atoms with Crippen LogP contribution >= 0.6 is 11.5 Å². The topological polar surface area (TPSA) is 117 Å². The third-order valence-corrected chi connectivity index (χ3v) is 4.10. The van der Waals surface area contributed by atoms with Crippen LogP contribution in [0.4, 0.5) is 16.4 Å². The number of azo groups is 1. The SMILES string of the molecule is CS(=O)(=O)Nc1cc(/N=N/c2snc3ncccc23)ccc1O. The third-order valence-electron chi connectivity index (χ3n) is 2.77. The van der Waals surface area contributed by atoms with Crippen molar-refractivity contribution in [2.45, 2.75) is 0 Å². The van der Waals surface area contributed by atoms with Gasteiger partial charge in [-0.3, -0.25) is 4.72 Å². The van der Waals surface area contributed by atoms with E-state index in [0.717, 1.165) is 11.6 Å². The number of phenols is 1. The van der Waals surface area contributed by atoms with Crippen LogP contribution in [0.3, 0.4) is 0 Å². The molecule has 118 valence electrons. The Balaban J connectivity index is 1.92. The minimum atomic E-state index is -3.50. The Kier molecular flexibility index (Phi) is 3.92. The van der Waals surface area contributed by atoms with Gasteiger partial charge in [0, 0.05) is 6.20 Å². The molecule has 0 radical (unpaired) electrons. The quantitative estimate of drug-likeness (QED) is 0.554. The van der Waals surface area contributed by atoms with Crippen LogP contribution in [-0.2, 0) is 10.0 Å². The molecular weight excluding hydrogens is 338 g/mol. The van der Waals surface area contributed by atoms with Crippen molar-refractivity contribution < 1.29 is 13.5 Å². The average Bonchev–Trinajstić information content (AvgIpc) is 2.90. The van der Waals surface area contributed by atoms with E-state index in [1.807, 2.05) is 6.07 Å². The molecule has 0 aliphatic heterocycles. The van der Waals surface area contributed by atoms with Gasteiger partial charge in [-0.1, -0.05) is 0 Å². The molecule has 23 heavy (non-hydrogen) atoms. The van der Waals surface area contributed by atoms with Crippen LogP contribution in [0.15, 0.2) is 46.8 Å². The molecule has 8 nitrogen and oxygen atoms in total. The molecule has 0 unspecified atom stereocenters. The molecule has 0 fully saturated rings. The predicted molar refractivity (Wildman–Crippen MR) is 88.2 cm³/mol. The van der Waals surface area contributed by atoms with E-state index in [4.69, 9.17) is 0 Å². The monoisotopic (exact) mass is 349 g/mol. The van der Waals surface area contributed by atoms with Gasteiger partial charge in [0.1, 0.15) is 5.75 Å². The molecule has 1 aromatic carbocycles. The summed E-state index contributed by atoms with van der Waals surface area (Å²) in [6.45, 7) is 0. The fourth-order valence-electron chi connectivity index (χ4n) is 1.82. The molecule has 3 aromatic rings. The van der Waals surface area contributed by atoms with Gasteiger partial charge in [-0.2, -0.15) is 4.37 Å². The van der Waals surface area contributed by atoms with Gasteiger partial charge in [0.15, 0.2) is 10.6 Å². The van der Waals surface area contributed by atoms with Gasteiger partial charge in [0.05, 0.1) is 23.0 Å². The molecule has 3 rings (SSSR count). The van der Waals surface area contributed by atoms with E-state index in [9.17, 15) is 13.5 Å². The lowest BCUT2D eigenvalue weighted by atomic mass is 10.3. The normalized spacial score (nSPS) is 12.0. The van der Waals surface area contributed by atoms with Gasteiger partial charge in [-0.05, 0) is 41.9 Å². The lowest BCUT2D eigenvalue weighted by Gasteiger charge is -2.06. The molecule has 0 aliphatic carbocycles. The zero-order valence-corrected chi connectivity index (χ0v) is 13.5. The smallest absolute Gasteiger partial charge is 0.229 e. The van der Waals surface area contributed by atoms with Crippen molar-refractivity contribution in [2.75, 3.05) is 11.0 Å². The van der Waals surface area contributed by atoms with Gasteiger partial charge in [-0.15, -0.1) is 10.2 Å². The van der Waals surface area contributed by atoms with Crippen molar-refractivity contribution in [2.24, 2.45) is 10.2 Å². The van der Waals surface area contributed by atoms with Crippen LogP contribution in [0.2, 0.25) is 0 Å². The summed E-state index contributed by atoms with van der Waals surface area (Å²) in [5.41, 5.74) is 1.02. The highest BCUT2D eigenvalue weighted by Gasteiger charge is 2.09. The molecule has 0 saturated heterocycles. The van der Waals surface area contributed by atoms with Gasteiger partial charge in [0.2, 0.25) is 10.0 Å². The van der Waals surface area contributed by atoms with Gasteiger partial charge in [-0.25, -0.2) is 13.4 Å². The Morgan fingerprint density at radius 3 is 2.87 bits per heavy atom. The number of rotatable bonds is 4. The number of pyridine rings is 1. The van der Waals surface area contributed by atoms with Crippen LogP contribution in [0.1, 0.15) is 0 Å². The Bertz CT molecular complexity index is 998. The van der Waals surface area contributed by atoms with Crippen LogP contribution in [0, 0.1) is 0 Å². The van der Waals surface area contributed by atoms with Gasteiger partial charge < -0.3 is 5.11 Å². The highest BCUT2D eigenvalue weighted by molar-refractivity contribution is 7.92. The Morgan fingerprint density at radius 2 is 2.09 bits per heavy atom. The summed E-state index contributed by atoms with van der Waals surface area (Å²) in [7, 11) is -3.50. The third kappa shape index (κ3) is 3.60. The molecule has 2 N–H and O–H groups in total. The van der Waals surface area contributed by atoms with Crippen molar-refractivity contribution in [3.05, 3.63) is 36.5 Å². The molecule has 2 aromatic heterocycles. The van der Waals surface area contributed by atoms with E-state index in [1.165, 1.54) is 29.7 Å². The van der Waals surface area contributed by atoms with Crippen molar-refractivity contribution in [1.82, 2.24) is 9.36 Å². The number of sulfonamides is 1. The number of nitrogens with one attached hydrogen (secondary N) is 1. The standard InChI is InChI=1S/C13H11N5O3S2/c1-23(20,21)18-10-7-8(4-5-11(10)19)15-16-13-9-3-2-6-14-12(9)17-22-13/h2-7,18-19H,1H3/b16-15+. The number of phenolic OH excluding ortho intramolecular Hbond substituents is 1. The van der Waals surface area contributed by atoms with Crippen LogP contribution in [-0.4, -0.2) is 29.1 Å². The van der Waals surface area contributed by atoms with Crippen molar-refractivity contribution in [3.8, 4) is 5.75 Å². The lowest BCUT2D eigenvalue weighted by Crippen LogP contribution is -2.09. The largest absolute Gasteiger partial charge is 0.506 e. The number of hydrogen-bond acceptors (Lipinski definition) is 8. The van der Waals surface area contributed by atoms with Crippen molar-refractivity contribution in [1.29, 1.82) is 0 Å². The van der Waals surface area contributed by atoms with E-state index in [0.29, 0.717) is 16.3 Å². The fourth-order valence-corrected chi connectivity index (χ4v) is 3.03. The molecule has 0 atom stereocenters. The molecule has 2 heterocycles. The Morgan fingerprint density at radius 1 is 1.26 bits per heavy atom. The Labute approximate surface area is 135 Å². The van der Waals surface area contributed by atoms with E-state index >= 15 is 0 Å². The maximum atomic E-state index is 11.3. The van der Waals surface area contributed by atoms with Crippen molar-refractivity contribution in [3.63, 3.8) is 0 Å². The van der Waals surface area contributed by atoms with Crippen LogP contribution < -0.4 is 4.72 Å². The number of aromatic hydroxyl groups is 1. The first-order chi connectivity index (χ1) is 10.9. The first kappa shape index (κ1) is 15.3. The highest BCUT2D eigenvalue weighted by Crippen LogP contribution is 2.33. The molecular formula is C13H11N5O3S2. The average molecular weight is 349 g/mol. The van der Waals surface area contributed by atoms with Crippen LogP contribution in [0.25, 0.3) is 11.0 Å². The Hall–Kier alpha value is -2.59. The lowest BCUT2D eigenvalue weighted by molar-refractivity contribution is 0.477. The summed E-state index contributed by atoms with van der Waals surface area (Å²) in [5, 5.41) is 19.2. The first-order valence-electron chi connectivity index (χ1n) is 6.35.